The first-order valence-electron chi connectivity index (χ1n) is 9.14. The lowest BCUT2D eigenvalue weighted by Crippen LogP contribution is -2.30. The van der Waals surface area contributed by atoms with E-state index in [0.29, 0.717) is 10.6 Å². The highest BCUT2D eigenvalue weighted by atomic mass is 35.5. The molecule has 28 heavy (non-hydrogen) atoms. The van der Waals surface area contributed by atoms with E-state index < -0.39 is 18.0 Å². The number of hydrogen-bond donors (Lipinski definition) is 0. The number of esters is 1. The van der Waals surface area contributed by atoms with E-state index >= 15 is 0 Å². The molecular weight excluding hydrogens is 378 g/mol. The van der Waals surface area contributed by atoms with Crippen molar-refractivity contribution in [2.45, 2.75) is 33.3 Å². The third-order valence-electron chi connectivity index (χ3n) is 4.89. The van der Waals surface area contributed by atoms with Gasteiger partial charge in [-0.15, -0.1) is 0 Å². The number of amides is 1. The summed E-state index contributed by atoms with van der Waals surface area (Å²) in [6, 6.07) is 12.2. The summed E-state index contributed by atoms with van der Waals surface area (Å²) in [5.41, 5.74) is 3.31. The molecule has 0 saturated carbocycles. The fourth-order valence-electron chi connectivity index (χ4n) is 3.38. The van der Waals surface area contributed by atoms with E-state index in [1.807, 2.05) is 32.0 Å². The van der Waals surface area contributed by atoms with Crippen molar-refractivity contribution in [3.05, 3.63) is 64.2 Å². The molecule has 6 heteroatoms. The van der Waals surface area contributed by atoms with Crippen molar-refractivity contribution < 1.29 is 19.1 Å². The van der Waals surface area contributed by atoms with Gasteiger partial charge in [-0.05, 0) is 56.7 Å². The lowest BCUT2D eigenvalue weighted by Gasteiger charge is -2.20. The first-order chi connectivity index (χ1) is 13.3. The average Bonchev–Trinajstić information content (AvgIpc) is 3.03. The maximum absolute atomic E-state index is 12.5. The molecule has 0 bridgehead atoms. The normalized spacial score (nSPS) is 17.5. The largest absolute Gasteiger partial charge is 0.454 e. The molecule has 1 heterocycles. The van der Waals surface area contributed by atoms with Crippen LogP contribution in [0.15, 0.2) is 42.5 Å². The highest BCUT2D eigenvalue weighted by Gasteiger charge is 2.37. The molecule has 1 amide bonds. The molecule has 0 aromatic heterocycles. The van der Waals surface area contributed by atoms with E-state index in [-0.39, 0.29) is 24.7 Å². The smallest absolute Gasteiger partial charge is 0.312 e. The molecule has 146 valence electrons. The molecule has 0 unspecified atom stereocenters. The van der Waals surface area contributed by atoms with Gasteiger partial charge < -0.3 is 9.64 Å². The lowest BCUT2D eigenvalue weighted by molar-refractivity contribution is -0.151. The Balaban J connectivity index is 1.65. The summed E-state index contributed by atoms with van der Waals surface area (Å²) < 4.78 is 5.36. The van der Waals surface area contributed by atoms with Crippen LogP contribution in [0.1, 0.15) is 34.8 Å². The summed E-state index contributed by atoms with van der Waals surface area (Å²) in [6.07, 6.45) is -0.854. The molecule has 1 aliphatic heterocycles. The topological polar surface area (TPSA) is 63.7 Å². The van der Waals surface area contributed by atoms with E-state index in [9.17, 15) is 14.4 Å². The number of benzene rings is 2. The van der Waals surface area contributed by atoms with Gasteiger partial charge in [0.05, 0.1) is 5.92 Å². The van der Waals surface area contributed by atoms with Crippen molar-refractivity contribution >= 4 is 34.9 Å². The molecular formula is C22H22ClNO4. The number of rotatable bonds is 5. The number of hydrogen-bond acceptors (Lipinski definition) is 4. The Hall–Kier alpha value is -2.66. The minimum absolute atomic E-state index is 0.0774. The Bertz CT molecular complexity index is 923. The van der Waals surface area contributed by atoms with Crippen LogP contribution in [-0.4, -0.2) is 30.3 Å². The van der Waals surface area contributed by atoms with E-state index in [2.05, 4.69) is 0 Å². The minimum atomic E-state index is -0.932. The molecule has 0 radical (unpaired) electrons. The van der Waals surface area contributed by atoms with Gasteiger partial charge in [-0.1, -0.05) is 29.3 Å². The Labute approximate surface area is 169 Å². The Morgan fingerprint density at radius 2 is 1.82 bits per heavy atom. The van der Waals surface area contributed by atoms with Crippen LogP contribution in [0.5, 0.6) is 0 Å². The van der Waals surface area contributed by atoms with Gasteiger partial charge in [-0.3, -0.25) is 14.4 Å². The average molecular weight is 400 g/mol. The van der Waals surface area contributed by atoms with Crippen LogP contribution in [0, 0.1) is 19.8 Å². The van der Waals surface area contributed by atoms with Crippen LogP contribution < -0.4 is 4.90 Å². The van der Waals surface area contributed by atoms with Crippen molar-refractivity contribution in [1.82, 2.24) is 0 Å². The highest BCUT2D eigenvalue weighted by Crippen LogP contribution is 2.29. The van der Waals surface area contributed by atoms with Crippen molar-refractivity contribution in [2.24, 2.45) is 5.92 Å². The van der Waals surface area contributed by atoms with Gasteiger partial charge in [0.15, 0.2) is 6.10 Å². The maximum Gasteiger partial charge on any atom is 0.312 e. The second-order valence-corrected chi connectivity index (χ2v) is 7.58. The number of anilines is 1. The number of ketones is 1. The SMILES string of the molecule is Cc1ccc(N2C[C@@H](C(=O)O[C@H](C)C(=O)c3ccc(Cl)cc3)CC2=O)c(C)c1. The quantitative estimate of drug-likeness (QED) is 0.560. The van der Waals surface area contributed by atoms with Gasteiger partial charge in [-0.25, -0.2) is 0 Å². The van der Waals surface area contributed by atoms with Crippen LogP contribution in [0.25, 0.3) is 0 Å². The predicted molar refractivity (Wildman–Crippen MR) is 108 cm³/mol. The fourth-order valence-corrected chi connectivity index (χ4v) is 3.51. The zero-order chi connectivity index (χ0) is 20.4. The summed E-state index contributed by atoms with van der Waals surface area (Å²) in [5, 5.41) is 0.525. The molecule has 1 aliphatic rings. The predicted octanol–water partition coefficient (Wildman–Crippen LogP) is 4.12. The summed E-state index contributed by atoms with van der Waals surface area (Å²) >= 11 is 5.83. The molecule has 2 aromatic carbocycles. The standard InChI is InChI=1S/C22H22ClNO4/c1-13-4-9-19(14(2)10-13)24-12-17(11-20(24)25)22(27)28-15(3)21(26)16-5-7-18(23)8-6-16/h4-10,15,17H,11-12H2,1-3H3/t15-,17+/m1/s1. The number of ether oxygens (including phenoxy) is 1. The second-order valence-electron chi connectivity index (χ2n) is 7.15. The van der Waals surface area contributed by atoms with E-state index in [1.165, 1.54) is 6.92 Å². The third-order valence-corrected chi connectivity index (χ3v) is 5.14. The zero-order valence-electron chi connectivity index (χ0n) is 16.1. The molecule has 2 atom stereocenters. The van der Waals surface area contributed by atoms with Crippen LogP contribution in [-0.2, 0) is 14.3 Å². The van der Waals surface area contributed by atoms with Gasteiger partial charge in [0, 0.05) is 29.2 Å². The number of halogens is 1. The first-order valence-corrected chi connectivity index (χ1v) is 9.52. The summed E-state index contributed by atoms with van der Waals surface area (Å²) in [6.45, 7) is 5.72. The van der Waals surface area contributed by atoms with Crippen molar-refractivity contribution in [2.75, 3.05) is 11.4 Å². The van der Waals surface area contributed by atoms with E-state index in [1.54, 1.807) is 29.2 Å². The molecule has 1 saturated heterocycles. The molecule has 3 rings (SSSR count). The number of aryl methyl sites for hydroxylation is 2. The molecule has 5 nitrogen and oxygen atoms in total. The maximum atomic E-state index is 12.5. The zero-order valence-corrected chi connectivity index (χ0v) is 16.8. The van der Waals surface area contributed by atoms with Crippen LogP contribution >= 0.6 is 11.6 Å². The Morgan fingerprint density at radius 1 is 1.14 bits per heavy atom. The summed E-state index contributed by atoms with van der Waals surface area (Å²) in [5.74, 6) is -1.55. The Morgan fingerprint density at radius 3 is 2.46 bits per heavy atom. The van der Waals surface area contributed by atoms with Crippen molar-refractivity contribution in [1.29, 1.82) is 0 Å². The van der Waals surface area contributed by atoms with Gasteiger partial charge >= 0.3 is 5.97 Å². The van der Waals surface area contributed by atoms with Crippen molar-refractivity contribution in [3.63, 3.8) is 0 Å². The Kier molecular flexibility index (Phi) is 5.84. The molecule has 0 aliphatic carbocycles. The number of Topliss-reactive ketones (excluding diaryl/α,β-unsaturated/α-hetero) is 1. The number of carbonyl (C=O) groups is 3. The van der Waals surface area contributed by atoms with Gasteiger partial charge in [0.25, 0.3) is 0 Å². The lowest BCUT2D eigenvalue weighted by atomic mass is 10.1. The van der Waals surface area contributed by atoms with Gasteiger partial charge in [0.1, 0.15) is 0 Å². The third kappa shape index (κ3) is 4.25. The molecule has 1 fully saturated rings. The molecule has 2 aromatic rings. The fraction of sp³-hybridized carbons (Fsp3) is 0.318. The van der Waals surface area contributed by atoms with Crippen LogP contribution in [0.4, 0.5) is 5.69 Å². The monoisotopic (exact) mass is 399 g/mol. The highest BCUT2D eigenvalue weighted by molar-refractivity contribution is 6.30. The molecule has 0 N–H and O–H groups in total. The first kappa shape index (κ1) is 20.1. The van der Waals surface area contributed by atoms with Crippen LogP contribution in [0.3, 0.4) is 0 Å². The summed E-state index contributed by atoms with van der Waals surface area (Å²) in [4.78, 5) is 39.0. The second kappa shape index (κ2) is 8.15. The van der Waals surface area contributed by atoms with Crippen LogP contribution in [0.2, 0.25) is 5.02 Å². The van der Waals surface area contributed by atoms with Crippen molar-refractivity contribution in [3.8, 4) is 0 Å². The number of nitrogens with zero attached hydrogens (tertiary/aromatic N) is 1. The minimum Gasteiger partial charge on any atom is -0.454 e. The summed E-state index contributed by atoms with van der Waals surface area (Å²) in [7, 11) is 0. The van der Waals surface area contributed by atoms with Gasteiger partial charge in [-0.2, -0.15) is 0 Å². The van der Waals surface area contributed by atoms with E-state index in [0.717, 1.165) is 16.8 Å². The number of carbonyl (C=O) groups excluding carboxylic acids is 3. The van der Waals surface area contributed by atoms with E-state index in [4.69, 9.17) is 16.3 Å². The molecule has 0 spiro atoms. The van der Waals surface area contributed by atoms with Gasteiger partial charge in [0.2, 0.25) is 11.7 Å².